The topological polar surface area (TPSA) is 0 Å². The summed E-state index contributed by atoms with van der Waals surface area (Å²) < 4.78 is 0.609. The Morgan fingerprint density at radius 3 is 1.33 bits per heavy atom. The van der Waals surface area contributed by atoms with E-state index in [-0.39, 0.29) is 12.4 Å². The molecule has 0 saturated carbocycles. The molecular weight excluding hydrogens is 257 g/mol. The molecule has 0 saturated heterocycles. The summed E-state index contributed by atoms with van der Waals surface area (Å²) in [5, 5.41) is 0. The average Bonchev–Trinajstić information content (AvgIpc) is 2.30. The van der Waals surface area contributed by atoms with Crippen molar-refractivity contribution in [1.29, 1.82) is 0 Å². The molecule has 2 aromatic rings. The first kappa shape index (κ1) is 12.4. The molecule has 2 aromatic carbocycles. The summed E-state index contributed by atoms with van der Waals surface area (Å²) in [6.07, 6.45) is 0. The van der Waals surface area contributed by atoms with Gasteiger partial charge in [0, 0.05) is 0 Å². The first-order valence-corrected chi connectivity index (χ1v) is 6.52. The van der Waals surface area contributed by atoms with E-state index < -0.39 is 0 Å². The van der Waals surface area contributed by atoms with Gasteiger partial charge < -0.3 is 0 Å². The van der Waals surface area contributed by atoms with Crippen LogP contribution in [0.3, 0.4) is 0 Å². The molecular formula is C13H12ClZn. The van der Waals surface area contributed by atoms with Gasteiger partial charge in [0.25, 0.3) is 0 Å². The van der Waals surface area contributed by atoms with Crippen LogP contribution in [0.2, 0.25) is 0 Å². The van der Waals surface area contributed by atoms with Crippen molar-refractivity contribution in [2.75, 3.05) is 0 Å². The van der Waals surface area contributed by atoms with Gasteiger partial charge in [0.15, 0.2) is 0 Å². The fourth-order valence-corrected chi connectivity index (χ4v) is 2.71. The quantitative estimate of drug-likeness (QED) is 0.728. The van der Waals surface area contributed by atoms with E-state index in [0.717, 1.165) is 0 Å². The molecule has 0 radical (unpaired) electrons. The van der Waals surface area contributed by atoms with Crippen molar-refractivity contribution in [3.05, 3.63) is 71.8 Å². The molecule has 0 bridgehead atoms. The first-order chi connectivity index (χ1) is 6.88. The van der Waals surface area contributed by atoms with Crippen LogP contribution in [0.5, 0.6) is 0 Å². The second-order valence-corrected chi connectivity index (χ2v) is 5.09. The van der Waals surface area contributed by atoms with Gasteiger partial charge in [-0.05, 0) is 0 Å². The van der Waals surface area contributed by atoms with Crippen molar-refractivity contribution >= 4 is 12.4 Å². The van der Waals surface area contributed by atoms with Gasteiger partial charge in [0.05, 0.1) is 0 Å². The molecule has 0 aliphatic carbocycles. The van der Waals surface area contributed by atoms with Gasteiger partial charge >= 0.3 is 94.6 Å². The Labute approximate surface area is 107 Å². The Balaban J connectivity index is 0.00000112. The van der Waals surface area contributed by atoms with E-state index in [1.54, 1.807) is 0 Å². The second kappa shape index (κ2) is 6.05. The summed E-state index contributed by atoms with van der Waals surface area (Å²) in [4.78, 5) is 0. The van der Waals surface area contributed by atoms with Crippen LogP contribution in [0.15, 0.2) is 60.7 Å². The van der Waals surface area contributed by atoms with Gasteiger partial charge in [-0.3, -0.25) is 0 Å². The van der Waals surface area contributed by atoms with Crippen LogP contribution in [-0.2, 0) is 18.3 Å². The van der Waals surface area contributed by atoms with Gasteiger partial charge in [-0.15, -0.1) is 12.4 Å². The van der Waals surface area contributed by atoms with Crippen LogP contribution in [0.4, 0.5) is 0 Å². The third kappa shape index (κ3) is 3.16. The van der Waals surface area contributed by atoms with Crippen LogP contribution >= 0.6 is 12.4 Å². The first-order valence-electron chi connectivity index (χ1n) is 4.81. The van der Waals surface area contributed by atoms with Crippen LogP contribution in [0, 0.1) is 0 Å². The van der Waals surface area contributed by atoms with Crippen molar-refractivity contribution in [3.63, 3.8) is 0 Å². The minimum atomic E-state index is 0. The van der Waals surface area contributed by atoms with Gasteiger partial charge in [0.2, 0.25) is 0 Å². The van der Waals surface area contributed by atoms with Gasteiger partial charge in [0.1, 0.15) is 0 Å². The van der Waals surface area contributed by atoms with Crippen molar-refractivity contribution in [3.8, 4) is 0 Å². The molecule has 0 aromatic heterocycles. The predicted octanol–water partition coefficient (Wildman–Crippen LogP) is 3.74. The molecule has 0 nitrogen and oxygen atoms in total. The Bertz CT molecular complexity index is 346. The molecule has 0 unspecified atom stereocenters. The van der Waals surface area contributed by atoms with Crippen LogP contribution in [0.25, 0.3) is 0 Å². The van der Waals surface area contributed by atoms with E-state index in [2.05, 4.69) is 60.7 Å². The summed E-state index contributed by atoms with van der Waals surface area (Å²) in [6.45, 7) is 0. The van der Waals surface area contributed by atoms with Crippen molar-refractivity contribution in [2.45, 2.75) is 4.51 Å². The monoisotopic (exact) mass is 267 g/mol. The SMILES string of the molecule is Cl.[Zn][CH](c1ccccc1)c1ccccc1. The summed E-state index contributed by atoms with van der Waals surface area (Å²) >= 11 is 1.27. The zero-order valence-electron chi connectivity index (χ0n) is 8.47. The zero-order valence-corrected chi connectivity index (χ0v) is 12.2. The normalized spacial score (nSPS) is 9.80. The van der Waals surface area contributed by atoms with E-state index in [9.17, 15) is 0 Å². The molecule has 73 valence electrons. The van der Waals surface area contributed by atoms with Gasteiger partial charge in [-0.2, -0.15) is 0 Å². The van der Waals surface area contributed by atoms with Crippen LogP contribution in [-0.4, -0.2) is 0 Å². The summed E-state index contributed by atoms with van der Waals surface area (Å²) in [5.41, 5.74) is 2.86. The molecule has 0 amide bonds. The summed E-state index contributed by atoms with van der Waals surface area (Å²) in [6, 6.07) is 21.4. The third-order valence-electron chi connectivity index (χ3n) is 2.40. The summed E-state index contributed by atoms with van der Waals surface area (Å²) in [5.74, 6) is 0. The standard InChI is InChI=1S/C13H11.ClH.Zn/c1-3-7-12(8-4-1)11-13-9-5-2-6-10-13;;/h1-11H;1H;. The molecule has 0 aliphatic rings. The van der Waals surface area contributed by atoms with Crippen molar-refractivity contribution in [1.82, 2.24) is 0 Å². The average molecular weight is 269 g/mol. The maximum absolute atomic E-state index is 2.21. The second-order valence-electron chi connectivity index (χ2n) is 3.37. The predicted molar refractivity (Wildman–Crippen MR) is 62.0 cm³/mol. The fourth-order valence-electron chi connectivity index (χ4n) is 1.56. The van der Waals surface area contributed by atoms with E-state index in [0.29, 0.717) is 4.51 Å². The van der Waals surface area contributed by atoms with Crippen molar-refractivity contribution in [2.24, 2.45) is 0 Å². The molecule has 0 N–H and O–H groups in total. The molecule has 0 spiro atoms. The van der Waals surface area contributed by atoms with E-state index in [4.69, 9.17) is 0 Å². The number of hydrogen-bond donors (Lipinski definition) is 0. The van der Waals surface area contributed by atoms with E-state index >= 15 is 0 Å². The Morgan fingerprint density at radius 2 is 1.00 bits per heavy atom. The summed E-state index contributed by atoms with van der Waals surface area (Å²) in [7, 11) is 0. The minimum absolute atomic E-state index is 0. The Kier molecular flexibility index (Phi) is 5.01. The van der Waals surface area contributed by atoms with E-state index in [1.165, 1.54) is 29.4 Å². The number of rotatable bonds is 2. The Morgan fingerprint density at radius 1 is 0.667 bits per heavy atom. The van der Waals surface area contributed by atoms with Crippen LogP contribution < -0.4 is 0 Å². The van der Waals surface area contributed by atoms with Gasteiger partial charge in [-0.25, -0.2) is 0 Å². The molecule has 0 heterocycles. The zero-order chi connectivity index (χ0) is 9.80. The van der Waals surface area contributed by atoms with Crippen LogP contribution in [0.1, 0.15) is 15.6 Å². The molecule has 2 rings (SSSR count). The Hall–Kier alpha value is -0.647. The molecule has 2 heteroatoms. The number of benzene rings is 2. The number of hydrogen-bond acceptors (Lipinski definition) is 0. The molecule has 0 atom stereocenters. The molecule has 0 aliphatic heterocycles. The van der Waals surface area contributed by atoms with Crippen molar-refractivity contribution < 1.29 is 18.3 Å². The molecule has 0 fully saturated rings. The maximum atomic E-state index is 2.21. The third-order valence-corrected chi connectivity index (χ3v) is 4.38. The molecule has 15 heavy (non-hydrogen) atoms. The fraction of sp³-hybridized carbons (Fsp3) is 0.0769. The number of halogens is 1. The van der Waals surface area contributed by atoms with E-state index in [1.807, 2.05) is 0 Å². The van der Waals surface area contributed by atoms with Gasteiger partial charge in [-0.1, -0.05) is 0 Å².